The smallest absolute Gasteiger partial charge is 0.270 e. The summed E-state index contributed by atoms with van der Waals surface area (Å²) in [6.45, 7) is 2.27. The van der Waals surface area contributed by atoms with Crippen molar-refractivity contribution in [3.63, 3.8) is 0 Å². The van der Waals surface area contributed by atoms with Crippen LogP contribution < -0.4 is 5.32 Å². The number of rotatable bonds is 6. The van der Waals surface area contributed by atoms with Crippen LogP contribution in [0.25, 0.3) is 0 Å². The predicted molar refractivity (Wildman–Crippen MR) is 111 cm³/mol. The third kappa shape index (κ3) is 4.86. The quantitative estimate of drug-likeness (QED) is 0.666. The summed E-state index contributed by atoms with van der Waals surface area (Å²) in [6.07, 6.45) is 5.37. The minimum Gasteiger partial charge on any atom is -0.341 e. The summed E-state index contributed by atoms with van der Waals surface area (Å²) in [5.74, 6) is -0.166. The van der Waals surface area contributed by atoms with E-state index >= 15 is 0 Å². The number of hydrogen-bond acceptors (Lipinski definition) is 5. The first-order valence-electron chi connectivity index (χ1n) is 9.78. The van der Waals surface area contributed by atoms with Gasteiger partial charge in [-0.2, -0.15) is 0 Å². The van der Waals surface area contributed by atoms with Gasteiger partial charge in [-0.1, -0.05) is 24.3 Å². The van der Waals surface area contributed by atoms with Crippen molar-refractivity contribution in [3.05, 3.63) is 82.3 Å². The lowest BCUT2D eigenvalue weighted by molar-refractivity contribution is 0.0872. The van der Waals surface area contributed by atoms with Crippen molar-refractivity contribution in [1.29, 1.82) is 0 Å². The largest absolute Gasteiger partial charge is 0.341 e. The first-order chi connectivity index (χ1) is 14.2. The van der Waals surface area contributed by atoms with E-state index < -0.39 is 0 Å². The molecule has 150 valence electrons. The lowest BCUT2D eigenvalue weighted by Gasteiger charge is -2.36. The fraction of sp³-hybridized carbons (Fsp3) is 0.318. The maximum absolute atomic E-state index is 14.1. The van der Waals surface area contributed by atoms with Gasteiger partial charge in [0.2, 0.25) is 0 Å². The van der Waals surface area contributed by atoms with Crippen molar-refractivity contribution >= 4 is 17.2 Å². The molecule has 5 nitrogen and oxygen atoms in total. The van der Waals surface area contributed by atoms with Gasteiger partial charge in [0.15, 0.2) is 0 Å². The van der Waals surface area contributed by atoms with Crippen LogP contribution in [0.15, 0.2) is 60.2 Å². The van der Waals surface area contributed by atoms with Gasteiger partial charge in [-0.25, -0.2) is 9.37 Å². The number of piperidine rings is 1. The van der Waals surface area contributed by atoms with Gasteiger partial charge in [-0.15, -0.1) is 11.3 Å². The number of likely N-dealkylation sites (tertiary alicyclic amines) is 1. The Morgan fingerprint density at radius 1 is 1.21 bits per heavy atom. The molecular weight excluding hydrogens is 387 g/mol. The Hall–Kier alpha value is -2.64. The molecule has 2 aromatic heterocycles. The van der Waals surface area contributed by atoms with Crippen LogP contribution in [0.3, 0.4) is 0 Å². The molecule has 0 unspecified atom stereocenters. The molecule has 3 aromatic rings. The number of pyridine rings is 1. The van der Waals surface area contributed by atoms with E-state index in [2.05, 4.69) is 20.2 Å². The van der Waals surface area contributed by atoms with E-state index in [4.69, 9.17) is 0 Å². The van der Waals surface area contributed by atoms with E-state index in [1.54, 1.807) is 48.0 Å². The lowest BCUT2D eigenvalue weighted by atomic mass is 9.90. The summed E-state index contributed by atoms with van der Waals surface area (Å²) < 4.78 is 14.1. The van der Waals surface area contributed by atoms with E-state index in [1.807, 2.05) is 17.5 Å². The zero-order chi connectivity index (χ0) is 20.1. The van der Waals surface area contributed by atoms with Crippen molar-refractivity contribution in [1.82, 2.24) is 20.2 Å². The van der Waals surface area contributed by atoms with Gasteiger partial charge in [-0.05, 0) is 43.5 Å². The van der Waals surface area contributed by atoms with Gasteiger partial charge in [0.1, 0.15) is 16.5 Å². The highest BCUT2D eigenvalue weighted by molar-refractivity contribution is 7.09. The second-order valence-corrected chi connectivity index (χ2v) is 8.19. The average Bonchev–Trinajstić information content (AvgIpc) is 3.29. The van der Waals surface area contributed by atoms with Crippen LogP contribution >= 0.6 is 11.3 Å². The van der Waals surface area contributed by atoms with Gasteiger partial charge in [-0.3, -0.25) is 14.7 Å². The van der Waals surface area contributed by atoms with Crippen molar-refractivity contribution in [2.45, 2.75) is 25.4 Å². The number of halogens is 1. The number of aromatic nitrogens is 2. The Bertz CT molecular complexity index is 935. The molecule has 0 bridgehead atoms. The number of nitrogens with one attached hydrogen (secondary N) is 1. The molecule has 29 heavy (non-hydrogen) atoms. The molecule has 1 aliphatic rings. The molecule has 1 fully saturated rings. The van der Waals surface area contributed by atoms with Crippen molar-refractivity contribution in [3.8, 4) is 0 Å². The Balaban J connectivity index is 1.50. The number of benzene rings is 1. The molecule has 4 rings (SSSR count). The Kier molecular flexibility index (Phi) is 6.27. The Morgan fingerprint density at radius 3 is 2.83 bits per heavy atom. The van der Waals surface area contributed by atoms with Gasteiger partial charge < -0.3 is 5.32 Å². The first kappa shape index (κ1) is 19.7. The molecule has 0 spiro atoms. The zero-order valence-corrected chi connectivity index (χ0v) is 16.8. The molecule has 3 heterocycles. The zero-order valence-electron chi connectivity index (χ0n) is 16.0. The highest BCUT2D eigenvalue weighted by Gasteiger charge is 2.31. The second kappa shape index (κ2) is 9.24. The molecule has 1 aliphatic heterocycles. The van der Waals surface area contributed by atoms with E-state index in [-0.39, 0.29) is 23.7 Å². The van der Waals surface area contributed by atoms with Crippen LogP contribution in [-0.2, 0) is 6.54 Å². The highest BCUT2D eigenvalue weighted by atomic mass is 32.1. The summed E-state index contributed by atoms with van der Waals surface area (Å²) in [7, 11) is 0. The molecule has 1 saturated heterocycles. The third-order valence-electron chi connectivity index (χ3n) is 5.27. The summed E-state index contributed by atoms with van der Waals surface area (Å²) >= 11 is 1.54. The maximum Gasteiger partial charge on any atom is 0.270 e. The van der Waals surface area contributed by atoms with Crippen LogP contribution in [-0.4, -0.2) is 33.9 Å². The van der Waals surface area contributed by atoms with Crippen LogP contribution in [0.5, 0.6) is 0 Å². The normalized spacial score (nSPS) is 18.3. The highest BCUT2D eigenvalue weighted by Crippen LogP contribution is 2.32. The molecule has 0 radical (unpaired) electrons. The van der Waals surface area contributed by atoms with Crippen LogP contribution in [0.1, 0.15) is 39.9 Å². The van der Waals surface area contributed by atoms with Crippen molar-refractivity contribution in [2.24, 2.45) is 5.92 Å². The maximum atomic E-state index is 14.1. The first-order valence-corrected chi connectivity index (χ1v) is 10.7. The third-order valence-corrected chi connectivity index (χ3v) is 6.13. The summed E-state index contributed by atoms with van der Waals surface area (Å²) in [5.41, 5.74) is 1.10. The second-order valence-electron chi connectivity index (χ2n) is 7.27. The van der Waals surface area contributed by atoms with E-state index in [1.165, 1.54) is 6.07 Å². The van der Waals surface area contributed by atoms with Crippen LogP contribution in [0.2, 0.25) is 0 Å². The minimum absolute atomic E-state index is 0.172. The fourth-order valence-electron chi connectivity index (χ4n) is 3.86. The summed E-state index contributed by atoms with van der Waals surface area (Å²) in [4.78, 5) is 23.6. The fourth-order valence-corrected chi connectivity index (χ4v) is 4.64. The monoisotopic (exact) mass is 410 g/mol. The van der Waals surface area contributed by atoms with Crippen LogP contribution in [0, 0.1) is 11.7 Å². The van der Waals surface area contributed by atoms with Crippen molar-refractivity contribution < 1.29 is 9.18 Å². The van der Waals surface area contributed by atoms with Crippen LogP contribution in [0.4, 0.5) is 4.39 Å². The topological polar surface area (TPSA) is 58.1 Å². The number of carbonyl (C=O) groups is 1. The number of amides is 1. The summed E-state index contributed by atoms with van der Waals surface area (Å²) in [6, 6.07) is 12.0. The van der Waals surface area contributed by atoms with Gasteiger partial charge in [0.25, 0.3) is 5.91 Å². The van der Waals surface area contributed by atoms with E-state index in [9.17, 15) is 9.18 Å². The van der Waals surface area contributed by atoms with Gasteiger partial charge >= 0.3 is 0 Å². The number of carbonyl (C=O) groups excluding carboxylic acids is 1. The Morgan fingerprint density at radius 2 is 2.07 bits per heavy atom. The van der Waals surface area contributed by atoms with E-state index in [0.717, 1.165) is 30.9 Å². The van der Waals surface area contributed by atoms with Gasteiger partial charge in [0, 0.05) is 36.4 Å². The molecule has 1 aromatic carbocycles. The van der Waals surface area contributed by atoms with E-state index in [0.29, 0.717) is 17.8 Å². The molecule has 7 heteroatoms. The molecule has 1 N–H and O–H groups in total. The molecular formula is C22H23FN4OS. The molecule has 0 saturated carbocycles. The molecule has 2 atom stereocenters. The molecule has 1 amide bonds. The summed E-state index contributed by atoms with van der Waals surface area (Å²) in [5, 5.41) is 5.97. The standard InChI is InChI=1S/C22H23FN4OS/c23-18-8-2-1-6-16(18)14-27-12-5-7-17(15-27)20(22-25-11-13-29-22)26-21(28)19-9-3-4-10-24-19/h1-4,6,8-11,13,17,20H,5,7,12,14-15H2,(H,26,28)/t17-,20-/m0/s1. The minimum atomic E-state index is -0.197. The predicted octanol–water partition coefficient (Wildman–Crippen LogP) is 4.06. The number of hydrogen-bond donors (Lipinski definition) is 1. The SMILES string of the molecule is O=C(N[C@H](c1nccs1)[C@H]1CCCN(Cc2ccccc2F)C1)c1ccccn1. The average molecular weight is 411 g/mol. The van der Waals surface area contributed by atoms with Gasteiger partial charge in [0.05, 0.1) is 6.04 Å². The number of thiazole rings is 1. The van der Waals surface area contributed by atoms with Crippen molar-refractivity contribution in [2.75, 3.05) is 13.1 Å². The number of nitrogens with zero attached hydrogens (tertiary/aromatic N) is 3. The Labute approximate surface area is 173 Å². The lowest BCUT2D eigenvalue weighted by Crippen LogP contribution is -2.43. The molecule has 0 aliphatic carbocycles.